The quantitative estimate of drug-likeness (QED) is 0.829. The highest BCUT2D eigenvalue weighted by atomic mass is 16.5. The summed E-state index contributed by atoms with van der Waals surface area (Å²) in [6, 6.07) is 1.76. The molecule has 1 atom stereocenters. The van der Waals surface area contributed by atoms with E-state index in [0.29, 0.717) is 42.4 Å². The van der Waals surface area contributed by atoms with E-state index >= 15 is 0 Å². The van der Waals surface area contributed by atoms with Crippen molar-refractivity contribution in [3.05, 3.63) is 33.4 Å². The van der Waals surface area contributed by atoms with E-state index in [-0.39, 0.29) is 18.2 Å². The van der Waals surface area contributed by atoms with Crippen LogP contribution < -0.4 is 5.56 Å². The van der Waals surface area contributed by atoms with Crippen LogP contribution in [0.15, 0.2) is 10.9 Å². The predicted octanol–water partition coefficient (Wildman–Crippen LogP) is 0.728. The second-order valence-electron chi connectivity index (χ2n) is 5.97. The molecule has 24 heavy (non-hydrogen) atoms. The van der Waals surface area contributed by atoms with Gasteiger partial charge in [0.2, 0.25) is 0 Å². The zero-order valence-corrected chi connectivity index (χ0v) is 14.2. The zero-order valence-electron chi connectivity index (χ0n) is 14.2. The maximum atomic E-state index is 12.4. The molecule has 1 unspecified atom stereocenters. The van der Waals surface area contributed by atoms with Gasteiger partial charge in [0, 0.05) is 30.9 Å². The number of aromatic amines is 1. The number of aryl methyl sites for hydroxylation is 1. The largest absolute Gasteiger partial charge is 0.462 e. The molecule has 0 saturated carbocycles. The van der Waals surface area contributed by atoms with Gasteiger partial charge in [0.15, 0.2) is 5.65 Å². The number of hydrogen-bond acceptors (Lipinski definition) is 6. The first-order valence-electron chi connectivity index (χ1n) is 8.11. The zero-order chi connectivity index (χ0) is 17.3. The SMILES string of the molecule is CCOC(=O)c1c(C)[nH]n2c(=O)cc(CN3CCOCC3C)nc12. The van der Waals surface area contributed by atoms with Crippen LogP contribution in [0, 0.1) is 6.92 Å². The number of carbonyl (C=O) groups is 1. The number of hydrogen-bond donors (Lipinski definition) is 1. The third-order valence-electron chi connectivity index (χ3n) is 4.20. The van der Waals surface area contributed by atoms with Crippen LogP contribution in [0.3, 0.4) is 0 Å². The molecule has 0 amide bonds. The molecule has 1 saturated heterocycles. The standard InChI is InChI=1S/C16H22N4O4/c1-4-24-16(22)14-11(3)18-20-13(21)7-12(17-15(14)20)8-19-5-6-23-9-10(19)2/h7,10,18H,4-6,8-9H2,1-3H3. The molecule has 130 valence electrons. The lowest BCUT2D eigenvalue weighted by Crippen LogP contribution is -2.43. The fourth-order valence-corrected chi connectivity index (χ4v) is 2.93. The number of aromatic nitrogens is 3. The first kappa shape index (κ1) is 16.7. The van der Waals surface area contributed by atoms with Crippen molar-refractivity contribution in [2.45, 2.75) is 33.4 Å². The maximum Gasteiger partial charge on any atom is 0.343 e. The summed E-state index contributed by atoms with van der Waals surface area (Å²) in [4.78, 5) is 31.3. The van der Waals surface area contributed by atoms with Crippen molar-refractivity contribution in [3.63, 3.8) is 0 Å². The minimum atomic E-state index is -0.474. The molecule has 1 N–H and O–H groups in total. The Morgan fingerprint density at radius 3 is 3.04 bits per heavy atom. The van der Waals surface area contributed by atoms with Crippen LogP contribution in [0.4, 0.5) is 0 Å². The number of ether oxygens (including phenoxy) is 2. The first-order valence-corrected chi connectivity index (χ1v) is 8.11. The van der Waals surface area contributed by atoms with E-state index in [9.17, 15) is 9.59 Å². The van der Waals surface area contributed by atoms with E-state index in [1.54, 1.807) is 13.8 Å². The number of nitrogens with zero attached hydrogens (tertiary/aromatic N) is 3. The fourth-order valence-electron chi connectivity index (χ4n) is 2.93. The molecule has 0 bridgehead atoms. The average molecular weight is 334 g/mol. The van der Waals surface area contributed by atoms with Crippen molar-refractivity contribution >= 4 is 11.6 Å². The summed E-state index contributed by atoms with van der Waals surface area (Å²) in [7, 11) is 0. The number of carbonyl (C=O) groups excluding carboxylic acids is 1. The Morgan fingerprint density at radius 2 is 2.33 bits per heavy atom. The molecule has 8 nitrogen and oxygen atoms in total. The number of fused-ring (bicyclic) bond motifs is 1. The number of morpholine rings is 1. The molecule has 0 aromatic carbocycles. The molecule has 2 aromatic heterocycles. The lowest BCUT2D eigenvalue weighted by atomic mass is 10.2. The number of esters is 1. The van der Waals surface area contributed by atoms with Crippen LogP contribution in [0.2, 0.25) is 0 Å². The highest BCUT2D eigenvalue weighted by Crippen LogP contribution is 2.15. The van der Waals surface area contributed by atoms with Crippen LogP contribution in [0.1, 0.15) is 35.6 Å². The second-order valence-corrected chi connectivity index (χ2v) is 5.97. The van der Waals surface area contributed by atoms with Crippen molar-refractivity contribution < 1.29 is 14.3 Å². The highest BCUT2D eigenvalue weighted by Gasteiger charge is 2.23. The summed E-state index contributed by atoms with van der Waals surface area (Å²) < 4.78 is 11.8. The van der Waals surface area contributed by atoms with Gasteiger partial charge < -0.3 is 9.47 Å². The second kappa shape index (κ2) is 6.74. The normalized spacial score (nSPS) is 18.9. The monoisotopic (exact) mass is 334 g/mol. The first-order chi connectivity index (χ1) is 11.5. The molecular formula is C16H22N4O4. The van der Waals surface area contributed by atoms with Gasteiger partial charge >= 0.3 is 5.97 Å². The van der Waals surface area contributed by atoms with Crippen molar-refractivity contribution in [3.8, 4) is 0 Å². The van der Waals surface area contributed by atoms with Gasteiger partial charge in [-0.1, -0.05) is 0 Å². The fraction of sp³-hybridized carbons (Fsp3) is 0.562. The van der Waals surface area contributed by atoms with Crippen molar-refractivity contribution in [2.24, 2.45) is 0 Å². The molecule has 1 aliphatic heterocycles. The van der Waals surface area contributed by atoms with Crippen LogP contribution in [-0.2, 0) is 16.0 Å². The molecule has 3 heterocycles. The van der Waals surface area contributed by atoms with E-state index in [2.05, 4.69) is 21.9 Å². The third-order valence-corrected chi connectivity index (χ3v) is 4.20. The third kappa shape index (κ3) is 3.07. The summed E-state index contributed by atoms with van der Waals surface area (Å²) in [5, 5.41) is 2.88. The minimum absolute atomic E-state index is 0.241. The van der Waals surface area contributed by atoms with Crippen molar-refractivity contribution in [1.29, 1.82) is 0 Å². The lowest BCUT2D eigenvalue weighted by molar-refractivity contribution is -0.00490. The Labute approximate surface area is 139 Å². The Morgan fingerprint density at radius 1 is 1.54 bits per heavy atom. The van der Waals surface area contributed by atoms with Gasteiger partial charge in [-0.2, -0.15) is 0 Å². The van der Waals surface area contributed by atoms with Gasteiger partial charge in [0.25, 0.3) is 5.56 Å². The van der Waals surface area contributed by atoms with E-state index < -0.39 is 5.97 Å². The van der Waals surface area contributed by atoms with Crippen LogP contribution in [-0.4, -0.2) is 57.9 Å². The molecule has 0 spiro atoms. The molecule has 3 rings (SSSR count). The number of rotatable bonds is 4. The van der Waals surface area contributed by atoms with Gasteiger partial charge in [-0.05, 0) is 20.8 Å². The summed E-state index contributed by atoms with van der Waals surface area (Å²) >= 11 is 0. The molecule has 0 radical (unpaired) electrons. The summed E-state index contributed by atoms with van der Waals surface area (Å²) in [5.41, 5.74) is 1.59. The van der Waals surface area contributed by atoms with Gasteiger partial charge in [0.1, 0.15) is 5.56 Å². The minimum Gasteiger partial charge on any atom is -0.462 e. The van der Waals surface area contributed by atoms with Crippen LogP contribution >= 0.6 is 0 Å². The highest BCUT2D eigenvalue weighted by molar-refractivity contribution is 5.97. The lowest BCUT2D eigenvalue weighted by Gasteiger charge is -2.32. The average Bonchev–Trinajstić information content (AvgIpc) is 2.87. The molecule has 8 heteroatoms. The van der Waals surface area contributed by atoms with Gasteiger partial charge in [-0.25, -0.2) is 14.3 Å². The van der Waals surface area contributed by atoms with E-state index in [4.69, 9.17) is 9.47 Å². The van der Waals surface area contributed by atoms with E-state index in [1.165, 1.54) is 10.6 Å². The Kier molecular flexibility index (Phi) is 4.68. The number of H-pyrrole nitrogens is 1. The number of nitrogens with one attached hydrogen (secondary N) is 1. The smallest absolute Gasteiger partial charge is 0.343 e. The van der Waals surface area contributed by atoms with Crippen LogP contribution in [0.25, 0.3) is 5.65 Å². The van der Waals surface area contributed by atoms with Crippen molar-refractivity contribution in [1.82, 2.24) is 19.5 Å². The predicted molar refractivity (Wildman–Crippen MR) is 87.2 cm³/mol. The molecule has 2 aromatic rings. The topological polar surface area (TPSA) is 88.9 Å². The molecular weight excluding hydrogens is 312 g/mol. The molecule has 0 aliphatic carbocycles. The molecule has 1 fully saturated rings. The Hall–Kier alpha value is -2.19. The Bertz CT molecular complexity index is 810. The maximum absolute atomic E-state index is 12.4. The summed E-state index contributed by atoms with van der Waals surface area (Å²) in [6.07, 6.45) is 0. The molecule has 1 aliphatic rings. The summed E-state index contributed by atoms with van der Waals surface area (Å²) in [6.45, 7) is 8.49. The van der Waals surface area contributed by atoms with E-state index in [1.807, 2.05) is 0 Å². The van der Waals surface area contributed by atoms with Crippen LogP contribution in [0.5, 0.6) is 0 Å². The van der Waals surface area contributed by atoms with Crippen molar-refractivity contribution in [2.75, 3.05) is 26.4 Å². The van der Waals surface area contributed by atoms with Gasteiger partial charge in [-0.3, -0.25) is 14.8 Å². The summed E-state index contributed by atoms with van der Waals surface area (Å²) in [5.74, 6) is -0.474. The van der Waals surface area contributed by atoms with Gasteiger partial charge in [0.05, 0.1) is 25.5 Å². The van der Waals surface area contributed by atoms with Gasteiger partial charge in [-0.15, -0.1) is 0 Å². The van der Waals surface area contributed by atoms with E-state index in [0.717, 1.165) is 6.54 Å². The Balaban J connectivity index is 2.00.